The molecule has 0 bridgehead atoms. The summed E-state index contributed by atoms with van der Waals surface area (Å²) in [6.45, 7) is 3.04. The molecular weight excluding hydrogens is 279 g/mol. The lowest BCUT2D eigenvalue weighted by molar-refractivity contribution is 0.286. The number of anilines is 1. The third kappa shape index (κ3) is 3.84. The number of halogens is 2. The van der Waals surface area contributed by atoms with Crippen LogP contribution in [0.4, 0.5) is 10.2 Å². The topological polar surface area (TPSA) is 34.1 Å². The standard InChI is InChI=1S/C15H16ClFN2O/c1-2-9-18-15-8-7-11(16)13(19-15)10-20-14-6-4-3-5-12(14)17/h3-8H,2,9-10H2,1H3,(H,18,19). The van der Waals surface area contributed by atoms with E-state index < -0.39 is 5.82 Å². The van der Waals surface area contributed by atoms with E-state index in [4.69, 9.17) is 16.3 Å². The van der Waals surface area contributed by atoms with Crippen molar-refractivity contribution in [1.29, 1.82) is 0 Å². The normalized spacial score (nSPS) is 10.3. The summed E-state index contributed by atoms with van der Waals surface area (Å²) >= 11 is 6.07. The Morgan fingerprint density at radius 1 is 1.25 bits per heavy atom. The van der Waals surface area contributed by atoms with Gasteiger partial charge in [-0.3, -0.25) is 0 Å². The van der Waals surface area contributed by atoms with Gasteiger partial charge in [-0.25, -0.2) is 9.37 Å². The molecule has 3 nitrogen and oxygen atoms in total. The summed E-state index contributed by atoms with van der Waals surface area (Å²) in [7, 11) is 0. The van der Waals surface area contributed by atoms with Crippen LogP contribution < -0.4 is 10.1 Å². The zero-order valence-corrected chi connectivity index (χ0v) is 12.0. The van der Waals surface area contributed by atoms with Crippen molar-refractivity contribution in [2.45, 2.75) is 20.0 Å². The van der Waals surface area contributed by atoms with Gasteiger partial charge in [0, 0.05) is 6.54 Å². The molecule has 0 radical (unpaired) electrons. The Hall–Kier alpha value is -1.81. The highest BCUT2D eigenvalue weighted by atomic mass is 35.5. The Morgan fingerprint density at radius 2 is 2.05 bits per heavy atom. The maximum absolute atomic E-state index is 13.4. The molecule has 0 saturated carbocycles. The molecule has 5 heteroatoms. The number of hydrogen-bond donors (Lipinski definition) is 1. The number of pyridine rings is 1. The fraction of sp³-hybridized carbons (Fsp3) is 0.267. The Labute approximate surface area is 122 Å². The minimum atomic E-state index is -0.399. The Balaban J connectivity index is 2.07. The highest BCUT2D eigenvalue weighted by Gasteiger charge is 2.07. The maximum atomic E-state index is 13.4. The Morgan fingerprint density at radius 3 is 2.80 bits per heavy atom. The second-order valence-corrected chi connectivity index (χ2v) is 4.68. The van der Waals surface area contributed by atoms with Gasteiger partial charge in [-0.05, 0) is 30.7 Å². The van der Waals surface area contributed by atoms with Gasteiger partial charge in [-0.2, -0.15) is 0 Å². The van der Waals surface area contributed by atoms with Crippen molar-refractivity contribution >= 4 is 17.4 Å². The number of benzene rings is 1. The first-order valence-electron chi connectivity index (χ1n) is 6.47. The smallest absolute Gasteiger partial charge is 0.165 e. The molecule has 0 aliphatic carbocycles. The monoisotopic (exact) mass is 294 g/mol. The molecule has 1 aromatic carbocycles. The number of ether oxygens (including phenoxy) is 1. The van der Waals surface area contributed by atoms with Gasteiger partial charge < -0.3 is 10.1 Å². The molecule has 0 unspecified atom stereocenters. The van der Waals surface area contributed by atoms with Crippen LogP contribution in [0, 0.1) is 5.82 Å². The molecule has 0 aliphatic heterocycles. The quantitative estimate of drug-likeness (QED) is 0.863. The SMILES string of the molecule is CCCNc1ccc(Cl)c(COc2ccccc2F)n1. The van der Waals surface area contributed by atoms with Gasteiger partial charge in [0.05, 0.1) is 10.7 Å². The molecule has 20 heavy (non-hydrogen) atoms. The van der Waals surface area contributed by atoms with E-state index in [2.05, 4.69) is 17.2 Å². The molecule has 0 amide bonds. The molecule has 2 rings (SSSR count). The average Bonchev–Trinajstić information content (AvgIpc) is 2.46. The lowest BCUT2D eigenvalue weighted by atomic mass is 10.3. The predicted octanol–water partition coefficient (Wildman–Crippen LogP) is 4.28. The van der Waals surface area contributed by atoms with Crippen LogP contribution in [0.5, 0.6) is 5.75 Å². The van der Waals surface area contributed by atoms with Crippen LogP contribution >= 0.6 is 11.6 Å². The van der Waals surface area contributed by atoms with Gasteiger partial charge >= 0.3 is 0 Å². The van der Waals surface area contributed by atoms with E-state index in [1.807, 2.05) is 6.07 Å². The van der Waals surface area contributed by atoms with Crippen LogP contribution in [0.3, 0.4) is 0 Å². The van der Waals surface area contributed by atoms with Crippen molar-refractivity contribution < 1.29 is 9.13 Å². The zero-order chi connectivity index (χ0) is 14.4. The number of hydrogen-bond acceptors (Lipinski definition) is 3. The van der Waals surface area contributed by atoms with Gasteiger partial charge in [0.25, 0.3) is 0 Å². The van der Waals surface area contributed by atoms with Crippen LogP contribution in [0.25, 0.3) is 0 Å². The molecule has 0 spiro atoms. The van der Waals surface area contributed by atoms with Crippen molar-refractivity contribution in [2.24, 2.45) is 0 Å². The summed E-state index contributed by atoms with van der Waals surface area (Å²) in [5, 5.41) is 3.68. The molecule has 0 fully saturated rings. The summed E-state index contributed by atoms with van der Waals surface area (Å²) in [6, 6.07) is 9.82. The van der Waals surface area contributed by atoms with Crippen LogP contribution in [-0.4, -0.2) is 11.5 Å². The Kier molecular flexibility index (Phi) is 5.18. The van der Waals surface area contributed by atoms with Crippen molar-refractivity contribution in [2.75, 3.05) is 11.9 Å². The minimum absolute atomic E-state index is 0.126. The third-order valence-corrected chi connectivity index (χ3v) is 3.02. The summed E-state index contributed by atoms with van der Waals surface area (Å²) in [5.41, 5.74) is 0.580. The first-order chi connectivity index (χ1) is 9.70. The predicted molar refractivity (Wildman–Crippen MR) is 78.8 cm³/mol. The van der Waals surface area contributed by atoms with Crippen molar-refractivity contribution in [3.05, 3.63) is 52.9 Å². The van der Waals surface area contributed by atoms with Crippen LogP contribution in [0.2, 0.25) is 5.02 Å². The molecule has 1 N–H and O–H groups in total. The molecule has 1 heterocycles. The number of rotatable bonds is 6. The second-order valence-electron chi connectivity index (χ2n) is 4.27. The van der Waals surface area contributed by atoms with E-state index in [0.29, 0.717) is 10.7 Å². The van der Waals surface area contributed by atoms with Gasteiger partial charge in [0.1, 0.15) is 12.4 Å². The van der Waals surface area contributed by atoms with E-state index in [1.54, 1.807) is 24.3 Å². The van der Waals surface area contributed by atoms with Gasteiger partial charge in [-0.15, -0.1) is 0 Å². The first-order valence-corrected chi connectivity index (χ1v) is 6.85. The van der Waals surface area contributed by atoms with Crippen molar-refractivity contribution in [3.8, 4) is 5.75 Å². The highest BCUT2D eigenvalue weighted by molar-refractivity contribution is 6.31. The highest BCUT2D eigenvalue weighted by Crippen LogP contribution is 2.21. The summed E-state index contributed by atoms with van der Waals surface area (Å²) < 4.78 is 18.9. The lowest BCUT2D eigenvalue weighted by Gasteiger charge is -2.10. The third-order valence-electron chi connectivity index (χ3n) is 2.68. The fourth-order valence-electron chi connectivity index (χ4n) is 1.65. The number of nitrogens with one attached hydrogen (secondary N) is 1. The average molecular weight is 295 g/mol. The van der Waals surface area contributed by atoms with Gasteiger partial charge in [0.15, 0.2) is 11.6 Å². The minimum Gasteiger partial charge on any atom is -0.484 e. The van der Waals surface area contributed by atoms with Crippen molar-refractivity contribution in [1.82, 2.24) is 4.98 Å². The van der Waals surface area contributed by atoms with E-state index in [9.17, 15) is 4.39 Å². The van der Waals surface area contributed by atoms with E-state index in [-0.39, 0.29) is 12.4 Å². The number of nitrogens with zero attached hydrogens (tertiary/aromatic N) is 1. The van der Waals surface area contributed by atoms with Crippen LogP contribution in [0.15, 0.2) is 36.4 Å². The Bertz CT molecular complexity index is 578. The first kappa shape index (κ1) is 14.6. The van der Waals surface area contributed by atoms with Crippen LogP contribution in [-0.2, 0) is 6.61 Å². The summed E-state index contributed by atoms with van der Waals surface area (Å²) in [6.07, 6.45) is 1.01. The second kappa shape index (κ2) is 7.10. The fourth-order valence-corrected chi connectivity index (χ4v) is 1.80. The van der Waals surface area contributed by atoms with Gasteiger partial charge in [0.2, 0.25) is 0 Å². The number of para-hydroxylation sites is 1. The number of aromatic nitrogens is 1. The molecule has 0 aliphatic rings. The van der Waals surface area contributed by atoms with Gasteiger partial charge in [-0.1, -0.05) is 30.7 Å². The molecule has 0 atom stereocenters. The molecule has 106 valence electrons. The van der Waals surface area contributed by atoms with E-state index in [0.717, 1.165) is 18.8 Å². The molecule has 1 aromatic heterocycles. The molecular formula is C15H16ClFN2O. The van der Waals surface area contributed by atoms with E-state index >= 15 is 0 Å². The van der Waals surface area contributed by atoms with Crippen molar-refractivity contribution in [3.63, 3.8) is 0 Å². The summed E-state index contributed by atoms with van der Waals surface area (Å²) in [4.78, 5) is 4.36. The molecule has 0 saturated heterocycles. The lowest BCUT2D eigenvalue weighted by Crippen LogP contribution is -2.06. The molecule has 2 aromatic rings. The van der Waals surface area contributed by atoms with E-state index in [1.165, 1.54) is 6.07 Å². The van der Waals surface area contributed by atoms with Crippen LogP contribution in [0.1, 0.15) is 19.0 Å². The summed E-state index contributed by atoms with van der Waals surface area (Å²) in [5.74, 6) is 0.532. The maximum Gasteiger partial charge on any atom is 0.165 e. The zero-order valence-electron chi connectivity index (χ0n) is 11.2. The largest absolute Gasteiger partial charge is 0.484 e.